The first-order chi connectivity index (χ1) is 19.9. The van der Waals surface area contributed by atoms with Gasteiger partial charge in [-0.25, -0.2) is 0 Å². The SMILES string of the molecule is C#CCOCc1nnc(CNC(=O)CN2C(=O)c3ccccc3C2=O)n1-c1ccc(Cl)cc1C(=O)c1ccccc1. The molecule has 41 heavy (non-hydrogen) atoms. The highest BCUT2D eigenvalue weighted by Gasteiger charge is 2.36. The zero-order valence-electron chi connectivity index (χ0n) is 21.5. The highest BCUT2D eigenvalue weighted by Crippen LogP contribution is 2.26. The molecule has 2 heterocycles. The Morgan fingerprint density at radius 1 is 0.927 bits per heavy atom. The van der Waals surface area contributed by atoms with Crippen LogP contribution in [-0.2, 0) is 22.7 Å². The number of halogens is 1. The number of hydrogen-bond donors (Lipinski definition) is 1. The van der Waals surface area contributed by atoms with Crippen molar-refractivity contribution in [3.63, 3.8) is 0 Å². The molecule has 10 nitrogen and oxygen atoms in total. The van der Waals surface area contributed by atoms with E-state index in [0.29, 0.717) is 22.1 Å². The fraction of sp³-hybridized carbons (Fsp3) is 0.133. The van der Waals surface area contributed by atoms with Crippen LogP contribution in [0, 0.1) is 12.3 Å². The lowest BCUT2D eigenvalue weighted by Gasteiger charge is -2.16. The zero-order valence-corrected chi connectivity index (χ0v) is 22.3. The molecular formula is C30H22ClN5O5. The second-order valence-corrected chi connectivity index (χ2v) is 9.38. The molecule has 1 N–H and O–H groups in total. The normalized spacial score (nSPS) is 12.2. The van der Waals surface area contributed by atoms with Gasteiger partial charge in [0.25, 0.3) is 11.8 Å². The van der Waals surface area contributed by atoms with Gasteiger partial charge in [-0.2, -0.15) is 0 Å². The van der Waals surface area contributed by atoms with Gasteiger partial charge in [-0.1, -0.05) is 60.0 Å². The molecule has 0 saturated carbocycles. The highest BCUT2D eigenvalue weighted by molar-refractivity contribution is 6.31. The number of rotatable bonds is 10. The van der Waals surface area contributed by atoms with Crippen molar-refractivity contribution in [1.29, 1.82) is 0 Å². The first-order valence-electron chi connectivity index (χ1n) is 12.4. The molecule has 0 unspecified atom stereocenters. The summed E-state index contributed by atoms with van der Waals surface area (Å²) < 4.78 is 7.07. The molecule has 1 aromatic heterocycles. The fourth-order valence-electron chi connectivity index (χ4n) is 4.43. The smallest absolute Gasteiger partial charge is 0.262 e. The lowest BCUT2D eigenvalue weighted by atomic mass is 10.0. The van der Waals surface area contributed by atoms with Crippen LogP contribution in [0.1, 0.15) is 48.3 Å². The summed E-state index contributed by atoms with van der Waals surface area (Å²) in [6.45, 7) is -0.611. The monoisotopic (exact) mass is 567 g/mol. The Hall–Kier alpha value is -5.11. The van der Waals surface area contributed by atoms with Crippen LogP contribution in [0.5, 0.6) is 0 Å². The van der Waals surface area contributed by atoms with Crippen molar-refractivity contribution in [3.8, 4) is 18.0 Å². The van der Waals surface area contributed by atoms with E-state index in [1.54, 1.807) is 77.4 Å². The van der Waals surface area contributed by atoms with Crippen molar-refractivity contribution in [3.05, 3.63) is 112 Å². The number of benzene rings is 3. The molecule has 0 aliphatic carbocycles. The summed E-state index contributed by atoms with van der Waals surface area (Å²) in [5.41, 5.74) is 1.64. The molecule has 0 bridgehead atoms. The zero-order chi connectivity index (χ0) is 28.9. The Kier molecular flexibility index (Phi) is 8.01. The minimum Gasteiger partial charge on any atom is -0.361 e. The van der Waals surface area contributed by atoms with Gasteiger partial charge in [0.2, 0.25) is 5.91 Å². The van der Waals surface area contributed by atoms with Gasteiger partial charge in [-0.05, 0) is 30.3 Å². The Morgan fingerprint density at radius 2 is 1.59 bits per heavy atom. The molecule has 11 heteroatoms. The molecule has 1 aliphatic rings. The molecule has 4 aromatic rings. The number of hydrogen-bond acceptors (Lipinski definition) is 7. The van der Waals surface area contributed by atoms with Crippen LogP contribution >= 0.6 is 11.6 Å². The third-order valence-corrected chi connectivity index (χ3v) is 6.55. The van der Waals surface area contributed by atoms with E-state index in [-0.39, 0.29) is 48.1 Å². The number of carbonyl (C=O) groups is 4. The van der Waals surface area contributed by atoms with Gasteiger partial charge in [0.15, 0.2) is 17.4 Å². The third-order valence-electron chi connectivity index (χ3n) is 6.32. The number of amides is 3. The van der Waals surface area contributed by atoms with Crippen molar-refractivity contribution in [2.75, 3.05) is 13.2 Å². The summed E-state index contributed by atoms with van der Waals surface area (Å²) in [5, 5.41) is 11.4. The quantitative estimate of drug-likeness (QED) is 0.135. The van der Waals surface area contributed by atoms with Gasteiger partial charge in [0.05, 0.1) is 23.4 Å². The summed E-state index contributed by atoms with van der Waals surface area (Å²) >= 11 is 6.28. The average Bonchev–Trinajstić information content (AvgIpc) is 3.50. The molecule has 3 aromatic carbocycles. The van der Waals surface area contributed by atoms with Crippen LogP contribution in [0.4, 0.5) is 0 Å². The van der Waals surface area contributed by atoms with Crippen LogP contribution in [0.25, 0.3) is 5.69 Å². The van der Waals surface area contributed by atoms with Crippen molar-refractivity contribution in [1.82, 2.24) is 25.0 Å². The lowest BCUT2D eigenvalue weighted by molar-refractivity contribution is -0.121. The number of imide groups is 1. The summed E-state index contributed by atoms with van der Waals surface area (Å²) in [5.74, 6) is 1.03. The second-order valence-electron chi connectivity index (χ2n) is 8.94. The Morgan fingerprint density at radius 3 is 2.27 bits per heavy atom. The second kappa shape index (κ2) is 12.0. The van der Waals surface area contributed by atoms with E-state index in [0.717, 1.165) is 4.90 Å². The van der Waals surface area contributed by atoms with E-state index in [1.165, 1.54) is 0 Å². The van der Waals surface area contributed by atoms with Crippen LogP contribution in [0.2, 0.25) is 5.02 Å². The first-order valence-corrected chi connectivity index (χ1v) is 12.8. The molecule has 0 saturated heterocycles. The van der Waals surface area contributed by atoms with E-state index in [2.05, 4.69) is 21.4 Å². The maximum atomic E-state index is 13.5. The number of nitrogens with zero attached hydrogens (tertiary/aromatic N) is 4. The molecule has 5 rings (SSSR count). The predicted molar refractivity (Wildman–Crippen MR) is 148 cm³/mol. The molecule has 0 spiro atoms. The van der Waals surface area contributed by atoms with Crippen molar-refractivity contribution < 1.29 is 23.9 Å². The number of terminal acetylenes is 1. The van der Waals surface area contributed by atoms with E-state index in [4.69, 9.17) is 22.8 Å². The van der Waals surface area contributed by atoms with Gasteiger partial charge >= 0.3 is 0 Å². The predicted octanol–water partition coefficient (Wildman–Crippen LogP) is 3.21. The van der Waals surface area contributed by atoms with Gasteiger partial charge in [-0.3, -0.25) is 28.6 Å². The Balaban J connectivity index is 1.42. The van der Waals surface area contributed by atoms with Gasteiger partial charge in [0, 0.05) is 16.1 Å². The maximum absolute atomic E-state index is 13.5. The topological polar surface area (TPSA) is 123 Å². The van der Waals surface area contributed by atoms with Crippen molar-refractivity contribution in [2.45, 2.75) is 13.2 Å². The number of fused-ring (bicyclic) bond motifs is 1. The summed E-state index contributed by atoms with van der Waals surface area (Å²) in [7, 11) is 0. The number of ether oxygens (including phenoxy) is 1. The molecule has 0 fully saturated rings. The average molecular weight is 568 g/mol. The highest BCUT2D eigenvalue weighted by atomic mass is 35.5. The minimum absolute atomic E-state index is 0.0234. The summed E-state index contributed by atoms with van der Waals surface area (Å²) in [4.78, 5) is 52.6. The van der Waals surface area contributed by atoms with E-state index >= 15 is 0 Å². The van der Waals surface area contributed by atoms with Crippen LogP contribution < -0.4 is 5.32 Å². The molecule has 0 atom stereocenters. The van der Waals surface area contributed by atoms with Gasteiger partial charge in [0.1, 0.15) is 19.8 Å². The van der Waals surface area contributed by atoms with E-state index < -0.39 is 24.3 Å². The first kappa shape index (κ1) is 27.5. The number of aromatic nitrogens is 3. The van der Waals surface area contributed by atoms with E-state index in [9.17, 15) is 19.2 Å². The lowest BCUT2D eigenvalue weighted by Crippen LogP contribution is -2.40. The maximum Gasteiger partial charge on any atom is 0.262 e. The summed E-state index contributed by atoms with van der Waals surface area (Å²) in [6, 6.07) is 19.9. The van der Waals surface area contributed by atoms with E-state index in [1.807, 2.05) is 0 Å². The number of ketones is 1. The largest absolute Gasteiger partial charge is 0.361 e. The molecule has 3 amide bonds. The number of nitrogens with one attached hydrogen (secondary N) is 1. The number of carbonyl (C=O) groups excluding carboxylic acids is 4. The van der Waals surface area contributed by atoms with Crippen LogP contribution in [-0.4, -0.2) is 56.3 Å². The van der Waals surface area contributed by atoms with Crippen LogP contribution in [0.15, 0.2) is 72.8 Å². The van der Waals surface area contributed by atoms with Gasteiger partial charge < -0.3 is 10.1 Å². The Labute approximate surface area is 239 Å². The molecule has 204 valence electrons. The van der Waals surface area contributed by atoms with Crippen LogP contribution in [0.3, 0.4) is 0 Å². The summed E-state index contributed by atoms with van der Waals surface area (Å²) in [6.07, 6.45) is 5.31. The Bertz CT molecular complexity index is 1670. The third kappa shape index (κ3) is 5.63. The minimum atomic E-state index is -0.587. The fourth-order valence-corrected chi connectivity index (χ4v) is 4.60. The van der Waals surface area contributed by atoms with Gasteiger partial charge in [-0.15, -0.1) is 16.6 Å². The van der Waals surface area contributed by atoms with Crippen molar-refractivity contribution in [2.24, 2.45) is 0 Å². The molecule has 0 radical (unpaired) electrons. The standard InChI is InChI=1S/C30H22ClN5O5/c1-2-14-41-18-26-34-33-25(16-32-27(37)17-35-29(39)21-10-6-7-11-22(21)30(35)40)36(26)24-13-12-20(31)15-23(24)28(38)19-8-4-3-5-9-19/h1,3-13,15H,14,16-18H2,(H,32,37). The molecule has 1 aliphatic heterocycles. The van der Waals surface area contributed by atoms with Crippen molar-refractivity contribution >= 4 is 35.1 Å². The molecular weight excluding hydrogens is 546 g/mol.